The van der Waals surface area contributed by atoms with Crippen LogP contribution in [0.4, 0.5) is 0 Å². The van der Waals surface area contributed by atoms with Crippen molar-refractivity contribution in [2.45, 2.75) is 96.7 Å². The maximum atomic E-state index is 5.57. The van der Waals surface area contributed by atoms with Gasteiger partial charge in [0.15, 0.2) is 8.32 Å². The van der Waals surface area contributed by atoms with Gasteiger partial charge in [0.2, 0.25) is 0 Å². The second kappa shape index (κ2) is 12.2. The molecule has 0 amide bonds. The molecule has 0 unspecified atom stereocenters. The zero-order chi connectivity index (χ0) is 13.7. The number of unbranched alkanes of at least 4 members (excludes halogenated alkanes) is 10. The predicted octanol–water partition coefficient (Wildman–Crippen LogP) is 6.15. The minimum atomic E-state index is -1.27. The van der Waals surface area contributed by atoms with Crippen molar-refractivity contribution in [1.29, 1.82) is 0 Å². The Kier molecular flexibility index (Phi) is 12.3. The van der Waals surface area contributed by atoms with E-state index >= 15 is 0 Å². The van der Waals surface area contributed by atoms with Crippen LogP contribution < -0.4 is 0 Å². The van der Waals surface area contributed by atoms with Gasteiger partial charge in [-0.25, -0.2) is 0 Å². The lowest BCUT2D eigenvalue weighted by Crippen LogP contribution is -2.27. The molecule has 18 heavy (non-hydrogen) atoms. The maximum absolute atomic E-state index is 5.57. The summed E-state index contributed by atoms with van der Waals surface area (Å²) in [7, 11) is 0.608. The number of hydrogen-bond acceptors (Lipinski definition) is 1. The third kappa shape index (κ3) is 12.6. The van der Waals surface area contributed by atoms with E-state index < -0.39 is 8.32 Å². The molecule has 0 aliphatic heterocycles. The third-order valence-corrected chi connectivity index (χ3v) is 6.60. The fourth-order valence-electron chi connectivity index (χ4n) is 2.32. The Morgan fingerprint density at radius 3 is 1.44 bits per heavy atom. The van der Waals surface area contributed by atoms with Crippen molar-refractivity contribution in [2.24, 2.45) is 0 Å². The molecule has 0 aromatic carbocycles. The molecular formula is C16H36OSi. The Labute approximate surface area is 117 Å². The van der Waals surface area contributed by atoms with Crippen molar-refractivity contribution < 1.29 is 4.43 Å². The van der Waals surface area contributed by atoms with Crippen molar-refractivity contribution in [3.8, 4) is 0 Å². The second-order valence-electron chi connectivity index (χ2n) is 6.25. The molecule has 110 valence electrons. The quantitative estimate of drug-likeness (QED) is 0.289. The summed E-state index contributed by atoms with van der Waals surface area (Å²) in [6, 6.07) is 1.33. The van der Waals surface area contributed by atoms with E-state index in [1.54, 1.807) is 0 Å². The van der Waals surface area contributed by atoms with Gasteiger partial charge in [0.25, 0.3) is 0 Å². The fourth-order valence-corrected chi connectivity index (χ4v) is 3.62. The normalized spacial score (nSPS) is 12.0. The maximum Gasteiger partial charge on any atom is 0.186 e. The fraction of sp³-hybridized carbons (Fsp3) is 1.00. The zero-order valence-electron chi connectivity index (χ0n) is 13.4. The summed E-state index contributed by atoms with van der Waals surface area (Å²) in [6.07, 6.45) is 15.8. The van der Waals surface area contributed by atoms with Crippen molar-refractivity contribution in [2.75, 3.05) is 7.11 Å². The van der Waals surface area contributed by atoms with Gasteiger partial charge in [0.1, 0.15) is 0 Å². The van der Waals surface area contributed by atoms with Crippen molar-refractivity contribution in [1.82, 2.24) is 0 Å². The average Bonchev–Trinajstić information content (AvgIpc) is 2.36. The molecule has 0 rings (SSSR count). The first-order valence-corrected chi connectivity index (χ1v) is 11.3. The van der Waals surface area contributed by atoms with Crippen molar-refractivity contribution in [3.63, 3.8) is 0 Å². The topological polar surface area (TPSA) is 9.23 Å². The van der Waals surface area contributed by atoms with E-state index in [1.165, 1.54) is 76.7 Å². The molecule has 2 heteroatoms. The van der Waals surface area contributed by atoms with Gasteiger partial charge < -0.3 is 4.43 Å². The lowest BCUT2D eigenvalue weighted by Gasteiger charge is -2.19. The van der Waals surface area contributed by atoms with E-state index in [0.29, 0.717) is 0 Å². The summed E-state index contributed by atoms with van der Waals surface area (Å²) in [5.41, 5.74) is 0. The molecule has 0 fully saturated rings. The molecular weight excluding hydrogens is 236 g/mol. The van der Waals surface area contributed by atoms with Crippen molar-refractivity contribution in [3.05, 3.63) is 0 Å². The minimum absolute atomic E-state index is 1.27. The molecule has 0 aromatic rings. The van der Waals surface area contributed by atoms with Gasteiger partial charge >= 0.3 is 0 Å². The Balaban J connectivity index is 3.08. The van der Waals surface area contributed by atoms with Gasteiger partial charge in [-0.2, -0.15) is 0 Å². The van der Waals surface area contributed by atoms with Crippen LogP contribution in [-0.4, -0.2) is 15.4 Å². The zero-order valence-corrected chi connectivity index (χ0v) is 14.4. The van der Waals surface area contributed by atoms with Gasteiger partial charge in [-0.3, -0.25) is 0 Å². The lowest BCUT2D eigenvalue weighted by molar-refractivity contribution is 0.400. The number of hydrogen-bond donors (Lipinski definition) is 0. The van der Waals surface area contributed by atoms with Crippen LogP contribution in [0.15, 0.2) is 0 Å². The first kappa shape index (κ1) is 18.2. The van der Waals surface area contributed by atoms with Gasteiger partial charge in [-0.05, 0) is 19.1 Å². The Bertz CT molecular complexity index is 168. The molecule has 1 nitrogen and oxygen atoms in total. The monoisotopic (exact) mass is 272 g/mol. The third-order valence-electron chi connectivity index (χ3n) is 3.93. The van der Waals surface area contributed by atoms with Crippen LogP contribution >= 0.6 is 0 Å². The standard InChI is InChI=1S/C16H36OSi/c1-5-6-7-8-9-10-11-12-13-14-15-16-18(3,4)17-2/h5-16H2,1-4H3. The highest BCUT2D eigenvalue weighted by atomic mass is 28.4. The molecule has 0 heterocycles. The van der Waals surface area contributed by atoms with E-state index in [4.69, 9.17) is 4.43 Å². The molecule has 0 aromatic heterocycles. The van der Waals surface area contributed by atoms with E-state index in [0.717, 1.165) is 0 Å². The molecule has 0 radical (unpaired) electrons. The highest BCUT2D eigenvalue weighted by molar-refractivity contribution is 6.71. The SMILES string of the molecule is CCCCCCCCCCCCC[Si](C)(C)OC. The smallest absolute Gasteiger partial charge is 0.186 e. The van der Waals surface area contributed by atoms with Gasteiger partial charge in [0.05, 0.1) is 0 Å². The Morgan fingerprint density at radius 1 is 0.667 bits per heavy atom. The first-order chi connectivity index (χ1) is 8.62. The second-order valence-corrected chi connectivity index (χ2v) is 10.7. The van der Waals surface area contributed by atoms with E-state index in [1.807, 2.05) is 7.11 Å². The van der Waals surface area contributed by atoms with E-state index in [9.17, 15) is 0 Å². The molecule has 0 spiro atoms. The summed E-state index contributed by atoms with van der Waals surface area (Å²) in [5, 5.41) is 0. The van der Waals surface area contributed by atoms with Crippen molar-refractivity contribution >= 4 is 8.32 Å². The first-order valence-electron chi connectivity index (χ1n) is 8.17. The van der Waals surface area contributed by atoms with Crippen LogP contribution in [-0.2, 0) is 4.43 Å². The summed E-state index contributed by atoms with van der Waals surface area (Å²) in [5.74, 6) is 0. The Morgan fingerprint density at radius 2 is 1.06 bits per heavy atom. The highest BCUT2D eigenvalue weighted by Gasteiger charge is 2.18. The van der Waals surface area contributed by atoms with Crippen LogP contribution in [0.25, 0.3) is 0 Å². The predicted molar refractivity (Wildman–Crippen MR) is 85.8 cm³/mol. The van der Waals surface area contributed by atoms with Crippen LogP contribution in [0.1, 0.15) is 77.6 Å². The van der Waals surface area contributed by atoms with E-state index in [-0.39, 0.29) is 0 Å². The van der Waals surface area contributed by atoms with Crippen LogP contribution in [0, 0.1) is 0 Å². The van der Waals surface area contributed by atoms with Gasteiger partial charge in [0, 0.05) is 7.11 Å². The summed E-state index contributed by atoms with van der Waals surface area (Å²) in [4.78, 5) is 0. The molecule has 0 aliphatic carbocycles. The molecule has 0 saturated carbocycles. The summed E-state index contributed by atoms with van der Waals surface area (Å²) in [6.45, 7) is 6.93. The van der Waals surface area contributed by atoms with Gasteiger partial charge in [-0.15, -0.1) is 0 Å². The lowest BCUT2D eigenvalue weighted by atomic mass is 10.1. The Hall–Kier alpha value is 0.177. The summed E-state index contributed by atoms with van der Waals surface area (Å²) >= 11 is 0. The van der Waals surface area contributed by atoms with Crippen LogP contribution in [0.3, 0.4) is 0 Å². The molecule has 0 atom stereocenters. The largest absolute Gasteiger partial charge is 0.420 e. The molecule has 0 bridgehead atoms. The summed E-state index contributed by atoms with van der Waals surface area (Å²) < 4.78 is 5.57. The minimum Gasteiger partial charge on any atom is -0.420 e. The van der Waals surface area contributed by atoms with Gasteiger partial charge in [-0.1, -0.05) is 77.6 Å². The van der Waals surface area contributed by atoms with E-state index in [2.05, 4.69) is 20.0 Å². The highest BCUT2D eigenvalue weighted by Crippen LogP contribution is 2.17. The van der Waals surface area contributed by atoms with Crippen LogP contribution in [0.2, 0.25) is 19.1 Å². The number of rotatable bonds is 13. The van der Waals surface area contributed by atoms with Crippen LogP contribution in [0.5, 0.6) is 0 Å². The molecule has 0 N–H and O–H groups in total. The molecule has 0 saturated heterocycles. The average molecular weight is 273 g/mol. The molecule has 0 aliphatic rings.